The Hall–Kier alpha value is -3.19. The summed E-state index contributed by atoms with van der Waals surface area (Å²) in [5.74, 6) is -3.48. The van der Waals surface area contributed by atoms with Crippen LogP contribution >= 0.6 is 0 Å². The van der Waals surface area contributed by atoms with Crippen LogP contribution in [0, 0.1) is 30.6 Å². The second-order valence-electron chi connectivity index (χ2n) is 4.70. The molecule has 0 saturated heterocycles. The average Bonchev–Trinajstić information content (AvgIpc) is 2.61. The van der Waals surface area contributed by atoms with Gasteiger partial charge in [-0.2, -0.15) is 0 Å². The highest BCUT2D eigenvalue weighted by molar-refractivity contribution is 5.73. The van der Waals surface area contributed by atoms with Crippen molar-refractivity contribution in [1.82, 2.24) is 0 Å². The zero-order valence-electron chi connectivity index (χ0n) is 12.8. The Balaban J connectivity index is 2.62. The Morgan fingerprint density at radius 2 is 1.54 bits per heavy atom. The first-order valence-corrected chi connectivity index (χ1v) is 6.63. The van der Waals surface area contributed by atoms with Gasteiger partial charge in [-0.25, -0.2) is 22.9 Å². The SMILES string of the molecule is [C-]#[N+]c1c(F)c(F)c(Cc2ccc(OC)cc2OC)c(F)c1[N+]#[C-]. The minimum absolute atomic E-state index is 0.298. The van der Waals surface area contributed by atoms with Gasteiger partial charge >= 0.3 is 0 Å². The topological polar surface area (TPSA) is 27.2 Å². The lowest BCUT2D eigenvalue weighted by atomic mass is 10.0. The van der Waals surface area contributed by atoms with Gasteiger partial charge in [-0.05, 0) is 11.6 Å². The summed E-state index contributed by atoms with van der Waals surface area (Å²) in [5, 5.41) is 0. The van der Waals surface area contributed by atoms with Crippen LogP contribution < -0.4 is 9.47 Å². The number of benzene rings is 2. The van der Waals surface area contributed by atoms with Crippen LogP contribution in [0.3, 0.4) is 0 Å². The zero-order chi connectivity index (χ0) is 17.9. The minimum Gasteiger partial charge on any atom is -0.497 e. The van der Waals surface area contributed by atoms with E-state index in [2.05, 4.69) is 9.69 Å². The molecule has 0 atom stereocenters. The molecule has 0 N–H and O–H groups in total. The normalized spacial score (nSPS) is 9.96. The molecule has 2 aromatic carbocycles. The van der Waals surface area contributed by atoms with Crippen molar-refractivity contribution in [3.05, 3.63) is 69.6 Å². The third-order valence-electron chi connectivity index (χ3n) is 3.45. The fraction of sp³-hybridized carbons (Fsp3) is 0.176. The van der Waals surface area contributed by atoms with Gasteiger partial charge in [0.25, 0.3) is 0 Å². The summed E-state index contributed by atoms with van der Waals surface area (Å²) >= 11 is 0. The number of hydrogen-bond acceptors (Lipinski definition) is 2. The lowest BCUT2D eigenvalue weighted by molar-refractivity contribution is 0.391. The summed E-state index contributed by atoms with van der Waals surface area (Å²) in [4.78, 5) is 5.53. The van der Waals surface area contributed by atoms with E-state index in [9.17, 15) is 13.2 Å². The van der Waals surface area contributed by atoms with Gasteiger partial charge in [0.15, 0.2) is 11.6 Å². The van der Waals surface area contributed by atoms with Crippen molar-refractivity contribution in [2.45, 2.75) is 6.42 Å². The van der Waals surface area contributed by atoms with Crippen molar-refractivity contribution in [1.29, 1.82) is 0 Å². The molecule has 0 saturated carbocycles. The quantitative estimate of drug-likeness (QED) is 0.593. The van der Waals surface area contributed by atoms with Crippen LogP contribution in [0.15, 0.2) is 18.2 Å². The van der Waals surface area contributed by atoms with Gasteiger partial charge in [-0.15, -0.1) is 0 Å². The van der Waals surface area contributed by atoms with Gasteiger partial charge in [0.1, 0.15) is 17.3 Å². The molecule has 122 valence electrons. The zero-order valence-corrected chi connectivity index (χ0v) is 12.8. The van der Waals surface area contributed by atoms with Gasteiger partial charge in [-0.3, -0.25) is 0 Å². The van der Waals surface area contributed by atoms with Crippen LogP contribution in [0.4, 0.5) is 24.5 Å². The summed E-state index contributed by atoms with van der Waals surface area (Å²) in [5.41, 5.74) is -2.03. The first-order chi connectivity index (χ1) is 11.5. The number of rotatable bonds is 4. The Bertz CT molecular complexity index is 883. The maximum Gasteiger partial charge on any atom is 0.235 e. The average molecular weight is 332 g/mol. The molecule has 0 aliphatic heterocycles. The van der Waals surface area contributed by atoms with E-state index in [0.717, 1.165) is 0 Å². The maximum absolute atomic E-state index is 14.4. The summed E-state index contributed by atoms with van der Waals surface area (Å²) < 4.78 is 52.7. The number of halogens is 3. The summed E-state index contributed by atoms with van der Waals surface area (Å²) in [6.07, 6.45) is -0.345. The van der Waals surface area contributed by atoms with Crippen molar-refractivity contribution in [3.8, 4) is 11.5 Å². The van der Waals surface area contributed by atoms with Crippen LogP contribution in [0.25, 0.3) is 9.69 Å². The molecule has 0 amide bonds. The lowest BCUT2D eigenvalue weighted by Crippen LogP contribution is -2.03. The molecule has 0 heterocycles. The first-order valence-electron chi connectivity index (χ1n) is 6.63. The Morgan fingerprint density at radius 3 is 2.08 bits per heavy atom. The van der Waals surface area contributed by atoms with Gasteiger partial charge in [0.2, 0.25) is 11.4 Å². The highest BCUT2D eigenvalue weighted by Gasteiger charge is 2.26. The van der Waals surface area contributed by atoms with Crippen molar-refractivity contribution < 1.29 is 22.6 Å². The summed E-state index contributed by atoms with van der Waals surface area (Å²) in [7, 11) is 2.83. The molecular weight excluding hydrogens is 321 g/mol. The summed E-state index contributed by atoms with van der Waals surface area (Å²) in [6.45, 7) is 13.7. The van der Waals surface area contributed by atoms with Crippen molar-refractivity contribution in [3.63, 3.8) is 0 Å². The number of ether oxygens (including phenoxy) is 2. The lowest BCUT2D eigenvalue weighted by Gasteiger charge is -2.13. The predicted molar refractivity (Wildman–Crippen MR) is 81.2 cm³/mol. The third-order valence-corrected chi connectivity index (χ3v) is 3.45. The largest absolute Gasteiger partial charge is 0.497 e. The Kier molecular flexibility index (Phi) is 4.96. The second-order valence-corrected chi connectivity index (χ2v) is 4.70. The van der Waals surface area contributed by atoms with E-state index in [1.165, 1.54) is 26.4 Å². The molecule has 2 aromatic rings. The fourth-order valence-corrected chi connectivity index (χ4v) is 2.23. The second kappa shape index (κ2) is 6.93. The molecule has 0 aromatic heterocycles. The minimum atomic E-state index is -1.53. The molecule has 0 radical (unpaired) electrons. The first kappa shape index (κ1) is 17.2. The van der Waals surface area contributed by atoms with Gasteiger partial charge in [0.05, 0.1) is 27.4 Å². The van der Waals surface area contributed by atoms with E-state index in [-0.39, 0.29) is 6.42 Å². The summed E-state index contributed by atoms with van der Waals surface area (Å²) in [6, 6.07) is 4.60. The fourth-order valence-electron chi connectivity index (χ4n) is 2.23. The molecule has 0 aliphatic carbocycles. The van der Waals surface area contributed by atoms with Crippen LogP contribution in [-0.4, -0.2) is 14.2 Å². The number of hydrogen-bond donors (Lipinski definition) is 0. The number of nitrogens with zero attached hydrogens (tertiary/aromatic N) is 2. The van der Waals surface area contributed by atoms with Crippen molar-refractivity contribution in [2.75, 3.05) is 14.2 Å². The molecule has 0 fully saturated rings. The van der Waals surface area contributed by atoms with E-state index < -0.39 is 34.4 Å². The van der Waals surface area contributed by atoms with E-state index in [1.807, 2.05) is 0 Å². The monoisotopic (exact) mass is 332 g/mol. The van der Waals surface area contributed by atoms with Crippen molar-refractivity contribution in [2.24, 2.45) is 0 Å². The van der Waals surface area contributed by atoms with Crippen molar-refractivity contribution >= 4 is 11.4 Å². The molecule has 24 heavy (non-hydrogen) atoms. The van der Waals surface area contributed by atoms with Crippen LogP contribution in [-0.2, 0) is 6.42 Å². The van der Waals surface area contributed by atoms with E-state index in [4.69, 9.17) is 22.6 Å². The highest BCUT2D eigenvalue weighted by Crippen LogP contribution is 2.39. The molecule has 0 unspecified atom stereocenters. The van der Waals surface area contributed by atoms with Gasteiger partial charge in [-0.1, -0.05) is 6.07 Å². The van der Waals surface area contributed by atoms with Crippen LogP contribution in [0.1, 0.15) is 11.1 Å². The molecule has 0 spiro atoms. The van der Waals surface area contributed by atoms with E-state index in [1.54, 1.807) is 6.07 Å². The van der Waals surface area contributed by atoms with Crippen LogP contribution in [0.2, 0.25) is 0 Å². The van der Waals surface area contributed by atoms with Gasteiger partial charge in [0, 0.05) is 18.1 Å². The highest BCUT2D eigenvalue weighted by atomic mass is 19.2. The standard InChI is InChI=1S/C17H11F3N2O2/c1-21-16-14(19)11(13(18)15(20)17(16)22-2)7-9-5-6-10(23-3)8-12(9)24-4/h5-6,8H,7H2,3-4H3. The molecular formula is C17H11F3N2O2. The predicted octanol–water partition coefficient (Wildman–Crippen LogP) is 4.81. The van der Waals surface area contributed by atoms with Crippen LogP contribution in [0.5, 0.6) is 11.5 Å². The Labute approximate surface area is 136 Å². The molecule has 7 heteroatoms. The molecule has 0 aliphatic rings. The molecule has 2 rings (SSSR count). The number of methoxy groups -OCH3 is 2. The van der Waals surface area contributed by atoms with E-state index in [0.29, 0.717) is 17.1 Å². The smallest absolute Gasteiger partial charge is 0.235 e. The van der Waals surface area contributed by atoms with Gasteiger partial charge < -0.3 is 9.47 Å². The maximum atomic E-state index is 14.4. The molecule has 0 bridgehead atoms. The molecule has 4 nitrogen and oxygen atoms in total. The van der Waals surface area contributed by atoms with E-state index >= 15 is 0 Å². The third kappa shape index (κ3) is 2.84. The Morgan fingerprint density at radius 1 is 0.917 bits per heavy atom.